The van der Waals surface area contributed by atoms with Crippen molar-refractivity contribution in [2.75, 3.05) is 0 Å². The molecule has 0 aromatic carbocycles. The molecule has 0 spiro atoms. The van der Waals surface area contributed by atoms with Crippen LogP contribution in [0.5, 0.6) is 0 Å². The summed E-state index contributed by atoms with van der Waals surface area (Å²) in [4.78, 5) is 0. The van der Waals surface area contributed by atoms with Gasteiger partial charge in [-0.3, -0.25) is 0 Å². The molecule has 0 unspecified atom stereocenters. The fraction of sp³-hybridized carbons (Fsp3) is 0.500. The maximum Gasteiger partial charge on any atom is 0.406 e. The minimum Gasteiger partial charge on any atom is -0.170 e. The van der Waals surface area contributed by atoms with E-state index in [2.05, 4.69) is 0 Å². The summed E-state index contributed by atoms with van der Waals surface area (Å²) in [5, 5.41) is 0. The summed E-state index contributed by atoms with van der Waals surface area (Å²) in [6, 6.07) is 0. The van der Waals surface area contributed by atoms with Crippen molar-refractivity contribution in [3.63, 3.8) is 0 Å². The van der Waals surface area contributed by atoms with E-state index in [-0.39, 0.29) is 18.2 Å². The second-order valence-corrected chi connectivity index (χ2v) is 10.1. The summed E-state index contributed by atoms with van der Waals surface area (Å²) in [5.41, 5.74) is -18.8. The number of rotatable bonds is 3. The molecule has 0 fully saturated rings. The van der Waals surface area contributed by atoms with Crippen LogP contribution >= 0.6 is 0 Å². The average Bonchev–Trinajstić information content (AvgIpc) is 2.80. The first-order valence-electron chi connectivity index (χ1n) is 11.7. The minimum atomic E-state index is -6.22. The quantitative estimate of drug-likeness (QED) is 0.210. The molecule has 3 rings (SSSR count). The van der Waals surface area contributed by atoms with Crippen molar-refractivity contribution < 1.29 is 79.0 Å². The summed E-state index contributed by atoms with van der Waals surface area (Å²) in [7, 11) is 0. The van der Waals surface area contributed by atoms with E-state index >= 15 is 0 Å². The molecule has 3 aliphatic rings. The lowest BCUT2D eigenvalue weighted by atomic mass is 9.32. The molecule has 0 aromatic heterocycles. The van der Waals surface area contributed by atoms with E-state index in [0.717, 1.165) is 0 Å². The van der Waals surface area contributed by atoms with E-state index in [1.807, 2.05) is 0 Å². The maximum absolute atomic E-state index is 13.8. The van der Waals surface area contributed by atoms with Crippen LogP contribution in [0.4, 0.5) is 79.0 Å². The van der Waals surface area contributed by atoms with E-state index in [1.54, 1.807) is 0 Å². The monoisotopic (exact) mass is 656 g/mol. The van der Waals surface area contributed by atoms with Gasteiger partial charge in [0.2, 0.25) is 6.71 Å². The van der Waals surface area contributed by atoms with Crippen molar-refractivity contribution in [3.8, 4) is 0 Å². The van der Waals surface area contributed by atoms with Crippen LogP contribution in [0.15, 0.2) is 71.1 Å². The third-order valence-corrected chi connectivity index (χ3v) is 7.52. The van der Waals surface area contributed by atoms with Crippen LogP contribution < -0.4 is 0 Å². The van der Waals surface area contributed by atoms with E-state index in [9.17, 15) is 79.0 Å². The molecule has 0 amide bonds. The van der Waals surface area contributed by atoms with Crippen LogP contribution in [0.25, 0.3) is 0 Å². The van der Waals surface area contributed by atoms with Crippen molar-refractivity contribution in [2.24, 2.45) is 16.2 Å². The van der Waals surface area contributed by atoms with Crippen molar-refractivity contribution in [1.82, 2.24) is 0 Å². The second kappa shape index (κ2) is 10.1. The summed E-state index contributed by atoms with van der Waals surface area (Å²) in [6.07, 6.45) is -43.3. The molecular formula is C24H15BF18. The van der Waals surface area contributed by atoms with Gasteiger partial charge in [0.05, 0.1) is 0 Å². The van der Waals surface area contributed by atoms with Crippen LogP contribution in [-0.4, -0.2) is 43.8 Å². The first-order chi connectivity index (χ1) is 19.1. The Morgan fingerprint density at radius 2 is 0.558 bits per heavy atom. The fourth-order valence-electron chi connectivity index (χ4n) is 5.10. The molecule has 19 heteroatoms. The summed E-state index contributed by atoms with van der Waals surface area (Å²) < 4.78 is 249. The lowest BCUT2D eigenvalue weighted by molar-refractivity contribution is -0.321. The summed E-state index contributed by atoms with van der Waals surface area (Å²) in [6.45, 7) is -2.80. The number of hydrogen-bond donors (Lipinski definition) is 0. The highest BCUT2D eigenvalue weighted by molar-refractivity contribution is 6.82. The molecule has 0 saturated carbocycles. The predicted octanol–water partition coefficient (Wildman–Crippen LogP) is 10.1. The Bertz CT molecular complexity index is 1070. The zero-order valence-electron chi connectivity index (χ0n) is 20.7. The SMILES string of the molecule is FC(F)(F)C1(C(F)(F)F)C=C(B(C2=CC(C(F)(F)F)(C(F)(F)F)CC=C2)C2=CC(C(F)(F)F)(C(F)(F)F)CC=C2)C=CC1. The molecule has 0 radical (unpaired) electrons. The Morgan fingerprint density at radius 1 is 0.372 bits per heavy atom. The lowest BCUT2D eigenvalue weighted by Gasteiger charge is -2.40. The van der Waals surface area contributed by atoms with Crippen molar-refractivity contribution >= 4 is 6.71 Å². The van der Waals surface area contributed by atoms with Gasteiger partial charge in [0.1, 0.15) is 0 Å². The molecule has 0 N–H and O–H groups in total. The Morgan fingerprint density at radius 3 is 0.721 bits per heavy atom. The first-order valence-corrected chi connectivity index (χ1v) is 11.7. The zero-order chi connectivity index (χ0) is 33.3. The molecular weight excluding hydrogens is 641 g/mol. The topological polar surface area (TPSA) is 0 Å². The average molecular weight is 656 g/mol. The largest absolute Gasteiger partial charge is 0.406 e. The highest BCUT2D eigenvalue weighted by Crippen LogP contribution is 2.60. The molecule has 0 atom stereocenters. The first kappa shape index (κ1) is 34.7. The van der Waals surface area contributed by atoms with E-state index < -0.39 is 114 Å². The molecule has 3 aliphatic carbocycles. The van der Waals surface area contributed by atoms with Crippen LogP contribution in [0.2, 0.25) is 0 Å². The van der Waals surface area contributed by atoms with Gasteiger partial charge in [-0.25, -0.2) is 0 Å². The molecule has 0 aromatic rings. The Hall–Kier alpha value is -2.76. The molecule has 0 nitrogen and oxygen atoms in total. The molecule has 0 bridgehead atoms. The van der Waals surface area contributed by atoms with Crippen LogP contribution in [0.3, 0.4) is 0 Å². The molecule has 0 saturated heterocycles. The van der Waals surface area contributed by atoms with Gasteiger partial charge in [0, 0.05) is 0 Å². The normalized spacial score (nSPS) is 22.6. The number of hydrogen-bond acceptors (Lipinski definition) is 0. The van der Waals surface area contributed by atoms with E-state index in [4.69, 9.17) is 0 Å². The molecule has 0 heterocycles. The lowest BCUT2D eigenvalue weighted by Crippen LogP contribution is -2.51. The van der Waals surface area contributed by atoms with Gasteiger partial charge < -0.3 is 0 Å². The summed E-state index contributed by atoms with van der Waals surface area (Å²) in [5.74, 6) is 0. The Labute approximate surface area is 230 Å². The van der Waals surface area contributed by atoms with Gasteiger partial charge in [-0.15, -0.1) is 0 Å². The van der Waals surface area contributed by atoms with Gasteiger partial charge in [0.25, 0.3) is 0 Å². The van der Waals surface area contributed by atoms with Crippen molar-refractivity contribution in [1.29, 1.82) is 0 Å². The van der Waals surface area contributed by atoms with Crippen LogP contribution in [0, 0.1) is 16.2 Å². The van der Waals surface area contributed by atoms with Gasteiger partial charge in [-0.2, -0.15) is 79.0 Å². The summed E-state index contributed by atoms with van der Waals surface area (Å²) >= 11 is 0. The second-order valence-electron chi connectivity index (χ2n) is 10.1. The zero-order valence-corrected chi connectivity index (χ0v) is 20.7. The van der Waals surface area contributed by atoms with Crippen LogP contribution in [-0.2, 0) is 0 Å². The standard InChI is InChI=1S/C24H15BF18/c26-19(27,28)16(20(29,30)31)7-1-4-13(10-16)25(14-5-2-8-17(11-14,21(32,33)34)22(35,36)37)15-6-3-9-18(12-15,23(38,39)40)24(41,42)43/h1-6,10-12H,7-9H2. The van der Waals surface area contributed by atoms with Gasteiger partial charge in [-0.1, -0.05) is 71.1 Å². The molecule has 43 heavy (non-hydrogen) atoms. The van der Waals surface area contributed by atoms with Crippen molar-refractivity contribution in [2.45, 2.75) is 56.3 Å². The number of alkyl halides is 18. The van der Waals surface area contributed by atoms with E-state index in [1.165, 1.54) is 0 Å². The Kier molecular flexibility index (Phi) is 8.19. The van der Waals surface area contributed by atoms with E-state index in [0.29, 0.717) is 18.2 Å². The third-order valence-electron chi connectivity index (χ3n) is 7.52. The highest BCUT2D eigenvalue weighted by Gasteiger charge is 2.72. The van der Waals surface area contributed by atoms with Crippen LogP contribution in [0.1, 0.15) is 19.3 Å². The van der Waals surface area contributed by atoms with Gasteiger partial charge in [0.15, 0.2) is 16.2 Å². The Balaban J connectivity index is 2.48. The molecule has 240 valence electrons. The number of allylic oxidation sites excluding steroid dienone is 12. The maximum atomic E-state index is 13.8. The smallest absolute Gasteiger partial charge is 0.170 e. The minimum absolute atomic E-state index is 0.172. The third kappa shape index (κ3) is 5.53. The molecule has 0 aliphatic heterocycles. The van der Waals surface area contributed by atoms with Gasteiger partial charge >= 0.3 is 37.1 Å². The van der Waals surface area contributed by atoms with Gasteiger partial charge in [-0.05, 0) is 19.3 Å². The predicted molar refractivity (Wildman–Crippen MR) is 115 cm³/mol. The highest BCUT2D eigenvalue weighted by atomic mass is 19.4. The van der Waals surface area contributed by atoms with Crippen molar-refractivity contribution in [3.05, 3.63) is 71.1 Å². The number of halogens is 18. The fourth-order valence-corrected chi connectivity index (χ4v) is 5.10.